The van der Waals surface area contributed by atoms with Crippen LogP contribution in [0.5, 0.6) is 17.2 Å². The van der Waals surface area contributed by atoms with Crippen LogP contribution in [-0.2, 0) is 0 Å². The van der Waals surface area contributed by atoms with Gasteiger partial charge in [0.2, 0.25) is 0 Å². The van der Waals surface area contributed by atoms with Gasteiger partial charge in [-0.1, -0.05) is 6.07 Å². The third kappa shape index (κ3) is 2.68. The SMILES string of the molecule is Nc1cccc(NC(=O)c2cc(O)c(O)c(O)c2)c1. The molecule has 19 heavy (non-hydrogen) atoms. The highest BCUT2D eigenvalue weighted by atomic mass is 16.3. The minimum atomic E-state index is -0.666. The van der Waals surface area contributed by atoms with Gasteiger partial charge in [0.15, 0.2) is 17.2 Å². The Hall–Kier alpha value is -2.89. The maximum absolute atomic E-state index is 11.9. The largest absolute Gasteiger partial charge is 0.504 e. The van der Waals surface area contributed by atoms with Crippen molar-refractivity contribution in [3.8, 4) is 17.2 Å². The molecule has 0 aliphatic rings. The second kappa shape index (κ2) is 4.77. The number of nitrogen functional groups attached to an aromatic ring is 1. The smallest absolute Gasteiger partial charge is 0.255 e. The molecular formula is C13H12N2O4. The van der Waals surface area contributed by atoms with Gasteiger partial charge >= 0.3 is 0 Å². The summed E-state index contributed by atoms with van der Waals surface area (Å²) in [6.07, 6.45) is 0. The van der Waals surface area contributed by atoms with Gasteiger partial charge in [0.1, 0.15) is 0 Å². The van der Waals surface area contributed by atoms with Crippen molar-refractivity contribution in [3.63, 3.8) is 0 Å². The third-order valence-corrected chi connectivity index (χ3v) is 2.48. The molecule has 0 spiro atoms. The van der Waals surface area contributed by atoms with Crippen molar-refractivity contribution in [1.82, 2.24) is 0 Å². The van der Waals surface area contributed by atoms with Crippen molar-refractivity contribution < 1.29 is 20.1 Å². The molecule has 0 radical (unpaired) electrons. The number of carbonyl (C=O) groups is 1. The molecule has 0 heterocycles. The Morgan fingerprint density at radius 1 is 1.05 bits per heavy atom. The van der Waals surface area contributed by atoms with Crippen molar-refractivity contribution in [2.24, 2.45) is 0 Å². The Labute approximate surface area is 108 Å². The first kappa shape index (κ1) is 12.6. The molecule has 0 atom stereocenters. The zero-order chi connectivity index (χ0) is 14.0. The minimum Gasteiger partial charge on any atom is -0.504 e. The molecule has 0 bridgehead atoms. The van der Waals surface area contributed by atoms with Crippen LogP contribution in [-0.4, -0.2) is 21.2 Å². The van der Waals surface area contributed by atoms with Crippen LogP contribution >= 0.6 is 0 Å². The molecule has 0 saturated carbocycles. The average molecular weight is 260 g/mol. The van der Waals surface area contributed by atoms with E-state index in [9.17, 15) is 20.1 Å². The lowest BCUT2D eigenvalue weighted by molar-refractivity contribution is 0.102. The van der Waals surface area contributed by atoms with E-state index >= 15 is 0 Å². The lowest BCUT2D eigenvalue weighted by atomic mass is 10.1. The van der Waals surface area contributed by atoms with Crippen LogP contribution in [0.25, 0.3) is 0 Å². The topological polar surface area (TPSA) is 116 Å². The molecule has 6 nitrogen and oxygen atoms in total. The van der Waals surface area contributed by atoms with Gasteiger partial charge in [-0.3, -0.25) is 4.79 Å². The summed E-state index contributed by atoms with van der Waals surface area (Å²) in [7, 11) is 0. The summed E-state index contributed by atoms with van der Waals surface area (Å²) < 4.78 is 0. The van der Waals surface area contributed by atoms with Gasteiger partial charge < -0.3 is 26.4 Å². The summed E-state index contributed by atoms with van der Waals surface area (Å²) in [6.45, 7) is 0. The van der Waals surface area contributed by atoms with Crippen LogP contribution in [0.2, 0.25) is 0 Å². The maximum atomic E-state index is 11.9. The van der Waals surface area contributed by atoms with Crippen LogP contribution in [0.3, 0.4) is 0 Å². The molecule has 0 saturated heterocycles. The normalized spacial score (nSPS) is 10.1. The Morgan fingerprint density at radius 2 is 1.68 bits per heavy atom. The lowest BCUT2D eigenvalue weighted by Gasteiger charge is -2.08. The standard InChI is InChI=1S/C13H12N2O4/c14-8-2-1-3-9(6-8)15-13(19)7-4-10(16)12(18)11(17)5-7/h1-6,16-18H,14H2,(H,15,19). The van der Waals surface area contributed by atoms with Crippen molar-refractivity contribution in [1.29, 1.82) is 0 Å². The summed E-state index contributed by atoms with van der Waals surface area (Å²) >= 11 is 0. The predicted molar refractivity (Wildman–Crippen MR) is 70.2 cm³/mol. The number of aromatic hydroxyl groups is 3. The number of benzene rings is 2. The van der Waals surface area contributed by atoms with Crippen LogP contribution in [0.15, 0.2) is 36.4 Å². The van der Waals surface area contributed by atoms with Crippen LogP contribution in [0, 0.1) is 0 Å². The van der Waals surface area contributed by atoms with Crippen molar-refractivity contribution in [3.05, 3.63) is 42.0 Å². The maximum Gasteiger partial charge on any atom is 0.255 e. The minimum absolute atomic E-state index is 0.00947. The molecule has 6 heteroatoms. The number of amides is 1. The van der Waals surface area contributed by atoms with E-state index in [0.29, 0.717) is 11.4 Å². The summed E-state index contributed by atoms with van der Waals surface area (Å²) in [6, 6.07) is 8.67. The Bertz CT molecular complexity index is 617. The number of carbonyl (C=O) groups excluding carboxylic acids is 1. The second-order valence-corrected chi connectivity index (χ2v) is 3.94. The van der Waals surface area contributed by atoms with Gasteiger partial charge in [-0.15, -0.1) is 0 Å². The molecule has 2 aromatic rings. The zero-order valence-corrected chi connectivity index (χ0v) is 9.79. The van der Waals surface area contributed by atoms with Gasteiger partial charge in [0.25, 0.3) is 5.91 Å². The molecule has 0 aliphatic heterocycles. The summed E-state index contributed by atoms with van der Waals surface area (Å²) in [4.78, 5) is 11.9. The van der Waals surface area contributed by atoms with Crippen LogP contribution in [0.4, 0.5) is 11.4 Å². The lowest BCUT2D eigenvalue weighted by Crippen LogP contribution is -2.11. The van der Waals surface area contributed by atoms with Gasteiger partial charge in [-0.2, -0.15) is 0 Å². The molecule has 2 aromatic carbocycles. The summed E-state index contributed by atoms with van der Waals surface area (Å²) in [5.74, 6) is -2.35. The number of phenolic OH excluding ortho intramolecular Hbond substituents is 3. The fourth-order valence-electron chi connectivity index (χ4n) is 1.55. The summed E-state index contributed by atoms with van der Waals surface area (Å²) in [5.41, 5.74) is 6.56. The Morgan fingerprint density at radius 3 is 2.26 bits per heavy atom. The van der Waals surface area contributed by atoms with Gasteiger partial charge in [-0.05, 0) is 30.3 Å². The molecule has 98 valence electrons. The molecule has 1 amide bonds. The number of hydrogen-bond donors (Lipinski definition) is 5. The first-order valence-electron chi connectivity index (χ1n) is 5.39. The van der Waals surface area contributed by atoms with Crippen LogP contribution < -0.4 is 11.1 Å². The molecule has 6 N–H and O–H groups in total. The number of phenols is 3. The van der Waals surface area contributed by atoms with Gasteiger partial charge in [0, 0.05) is 16.9 Å². The van der Waals surface area contributed by atoms with E-state index in [2.05, 4.69) is 5.32 Å². The molecule has 0 aliphatic carbocycles. The molecular weight excluding hydrogens is 248 g/mol. The van der Waals surface area contributed by atoms with Gasteiger partial charge in [-0.25, -0.2) is 0 Å². The van der Waals surface area contributed by atoms with E-state index < -0.39 is 23.2 Å². The molecule has 0 aromatic heterocycles. The number of hydrogen-bond acceptors (Lipinski definition) is 5. The Kier molecular flexibility index (Phi) is 3.15. The van der Waals surface area contributed by atoms with E-state index in [-0.39, 0.29) is 5.56 Å². The number of nitrogens with two attached hydrogens (primary N) is 1. The van der Waals surface area contributed by atoms with E-state index in [0.717, 1.165) is 12.1 Å². The predicted octanol–water partition coefficient (Wildman–Crippen LogP) is 1.64. The fraction of sp³-hybridized carbons (Fsp3) is 0. The fourth-order valence-corrected chi connectivity index (χ4v) is 1.55. The first-order chi connectivity index (χ1) is 8.97. The van der Waals surface area contributed by atoms with E-state index in [1.807, 2.05) is 0 Å². The highest BCUT2D eigenvalue weighted by molar-refractivity contribution is 6.05. The van der Waals surface area contributed by atoms with Crippen molar-refractivity contribution in [2.45, 2.75) is 0 Å². The zero-order valence-electron chi connectivity index (χ0n) is 9.79. The monoisotopic (exact) mass is 260 g/mol. The van der Waals surface area contributed by atoms with Crippen molar-refractivity contribution >= 4 is 17.3 Å². The Balaban J connectivity index is 2.25. The quantitative estimate of drug-likeness (QED) is 0.416. The molecule has 0 fully saturated rings. The van der Waals surface area contributed by atoms with E-state index in [1.165, 1.54) is 0 Å². The molecule has 2 rings (SSSR count). The highest BCUT2D eigenvalue weighted by Crippen LogP contribution is 2.35. The number of nitrogens with one attached hydrogen (secondary N) is 1. The van der Waals surface area contributed by atoms with Crippen molar-refractivity contribution in [2.75, 3.05) is 11.1 Å². The van der Waals surface area contributed by atoms with E-state index in [1.54, 1.807) is 24.3 Å². The van der Waals surface area contributed by atoms with Crippen LogP contribution in [0.1, 0.15) is 10.4 Å². The third-order valence-electron chi connectivity index (χ3n) is 2.48. The second-order valence-electron chi connectivity index (χ2n) is 3.94. The highest BCUT2D eigenvalue weighted by Gasteiger charge is 2.13. The molecule has 0 unspecified atom stereocenters. The van der Waals surface area contributed by atoms with Gasteiger partial charge in [0.05, 0.1) is 0 Å². The number of rotatable bonds is 2. The number of anilines is 2. The first-order valence-corrected chi connectivity index (χ1v) is 5.39. The average Bonchev–Trinajstić information content (AvgIpc) is 2.35. The summed E-state index contributed by atoms with van der Waals surface area (Å²) in [5, 5.41) is 30.4. The van der Waals surface area contributed by atoms with E-state index in [4.69, 9.17) is 5.73 Å².